The minimum atomic E-state index is -3.75. The van der Waals surface area contributed by atoms with Gasteiger partial charge in [-0.1, -0.05) is 42.5 Å². The molecule has 8 nitrogen and oxygen atoms in total. The first-order valence-corrected chi connectivity index (χ1v) is 11.3. The highest BCUT2D eigenvalue weighted by atomic mass is 32.2. The molecule has 2 aromatic carbocycles. The predicted octanol–water partition coefficient (Wildman–Crippen LogP) is 0.511. The number of sulfonamides is 1. The lowest BCUT2D eigenvalue weighted by molar-refractivity contribution is -0.139. The van der Waals surface area contributed by atoms with E-state index in [1.54, 1.807) is 17.0 Å². The third kappa shape index (κ3) is 5.44. The molecule has 2 aromatic rings. The Kier molecular flexibility index (Phi) is 6.86. The zero-order valence-electron chi connectivity index (χ0n) is 16.5. The molecule has 160 valence electrons. The molecule has 1 aliphatic heterocycles. The highest BCUT2D eigenvalue weighted by Gasteiger charge is 2.35. The van der Waals surface area contributed by atoms with E-state index in [1.807, 2.05) is 30.3 Å². The molecule has 0 spiro atoms. The maximum atomic E-state index is 12.8. The Morgan fingerprint density at radius 1 is 1.07 bits per heavy atom. The van der Waals surface area contributed by atoms with E-state index in [-0.39, 0.29) is 23.3 Å². The van der Waals surface area contributed by atoms with Crippen LogP contribution < -0.4 is 16.2 Å². The van der Waals surface area contributed by atoms with Gasteiger partial charge in [-0.15, -0.1) is 0 Å². The van der Waals surface area contributed by atoms with E-state index >= 15 is 0 Å². The summed E-state index contributed by atoms with van der Waals surface area (Å²) in [6, 6.07) is 14.2. The number of rotatable bonds is 7. The monoisotopic (exact) mass is 430 g/mol. The zero-order chi connectivity index (χ0) is 21.7. The smallest absolute Gasteiger partial charge is 0.243 e. The van der Waals surface area contributed by atoms with Gasteiger partial charge in [0, 0.05) is 13.1 Å². The average Bonchev–Trinajstić information content (AvgIpc) is 3.21. The Bertz CT molecular complexity index is 993. The number of nitrogens with two attached hydrogens (primary N) is 2. The minimum absolute atomic E-state index is 0.0116. The van der Waals surface area contributed by atoms with Crippen molar-refractivity contribution in [2.75, 3.05) is 6.54 Å². The van der Waals surface area contributed by atoms with E-state index in [4.69, 9.17) is 10.9 Å². The fraction of sp³-hybridized carbons (Fsp3) is 0.333. The number of nitrogens with zero attached hydrogens (tertiary/aromatic N) is 1. The van der Waals surface area contributed by atoms with Gasteiger partial charge >= 0.3 is 0 Å². The number of nitrogens with one attached hydrogen (secondary N) is 1. The summed E-state index contributed by atoms with van der Waals surface area (Å²) in [6.45, 7) is 0.723. The van der Waals surface area contributed by atoms with Crippen LogP contribution in [0.4, 0.5) is 0 Å². The first kappa shape index (κ1) is 21.9. The number of carbonyl (C=O) groups is 2. The summed E-state index contributed by atoms with van der Waals surface area (Å²) >= 11 is 0. The second kappa shape index (κ2) is 9.38. The minimum Gasteiger partial charge on any atom is -0.350 e. The Balaban J connectivity index is 1.57. The number of likely N-dealkylation sites (tertiary alicyclic amines) is 1. The molecule has 0 unspecified atom stereocenters. The van der Waals surface area contributed by atoms with Crippen LogP contribution in [-0.2, 0) is 32.6 Å². The van der Waals surface area contributed by atoms with Gasteiger partial charge in [-0.2, -0.15) is 0 Å². The van der Waals surface area contributed by atoms with Gasteiger partial charge in [-0.3, -0.25) is 9.59 Å². The fourth-order valence-electron chi connectivity index (χ4n) is 3.58. The molecular formula is C21H26N4O4S. The van der Waals surface area contributed by atoms with Crippen molar-refractivity contribution in [2.24, 2.45) is 10.9 Å². The van der Waals surface area contributed by atoms with Gasteiger partial charge < -0.3 is 16.0 Å². The van der Waals surface area contributed by atoms with E-state index < -0.39 is 22.1 Å². The molecule has 0 bridgehead atoms. The lowest BCUT2D eigenvalue weighted by atomic mass is 10.1. The summed E-state index contributed by atoms with van der Waals surface area (Å²) in [7, 11) is -3.75. The summed E-state index contributed by atoms with van der Waals surface area (Å²) in [6.07, 6.45) is 1.74. The summed E-state index contributed by atoms with van der Waals surface area (Å²) < 4.78 is 22.6. The molecule has 2 amide bonds. The molecule has 1 fully saturated rings. The first-order valence-electron chi connectivity index (χ1n) is 9.75. The predicted molar refractivity (Wildman–Crippen MR) is 113 cm³/mol. The molecule has 5 N–H and O–H groups in total. The second-order valence-corrected chi connectivity index (χ2v) is 8.95. The Hall–Kier alpha value is -2.75. The van der Waals surface area contributed by atoms with Crippen LogP contribution in [0.1, 0.15) is 24.0 Å². The Morgan fingerprint density at radius 3 is 2.37 bits per heavy atom. The molecule has 0 aromatic heterocycles. The van der Waals surface area contributed by atoms with Crippen LogP contribution in [0.5, 0.6) is 0 Å². The average molecular weight is 431 g/mol. The molecule has 1 heterocycles. The third-order valence-electron chi connectivity index (χ3n) is 5.17. The molecule has 0 radical (unpaired) electrons. The van der Waals surface area contributed by atoms with E-state index in [0.717, 1.165) is 17.5 Å². The first-order chi connectivity index (χ1) is 14.3. The van der Waals surface area contributed by atoms with E-state index in [0.29, 0.717) is 19.4 Å². The van der Waals surface area contributed by atoms with Crippen molar-refractivity contribution in [3.05, 3.63) is 65.7 Å². The second-order valence-electron chi connectivity index (χ2n) is 7.39. The molecule has 0 aliphatic carbocycles. The van der Waals surface area contributed by atoms with Crippen molar-refractivity contribution in [2.45, 2.75) is 42.8 Å². The summed E-state index contributed by atoms with van der Waals surface area (Å²) in [5.41, 5.74) is 7.83. The van der Waals surface area contributed by atoms with Crippen molar-refractivity contribution in [1.29, 1.82) is 0 Å². The van der Waals surface area contributed by atoms with E-state index in [1.165, 1.54) is 12.1 Å². The van der Waals surface area contributed by atoms with Crippen LogP contribution in [0.15, 0.2) is 59.5 Å². The molecule has 9 heteroatoms. The van der Waals surface area contributed by atoms with E-state index in [9.17, 15) is 18.0 Å². The van der Waals surface area contributed by atoms with Gasteiger partial charge in [0.1, 0.15) is 6.04 Å². The van der Waals surface area contributed by atoms with Crippen molar-refractivity contribution in [3.63, 3.8) is 0 Å². The largest absolute Gasteiger partial charge is 0.350 e. The molecule has 1 aliphatic rings. The number of carbonyl (C=O) groups excluding carboxylic acids is 2. The Morgan fingerprint density at radius 2 is 1.73 bits per heavy atom. The van der Waals surface area contributed by atoms with Crippen LogP contribution in [0, 0.1) is 0 Å². The number of primary sulfonamides is 1. The third-order valence-corrected chi connectivity index (χ3v) is 6.10. The standard InChI is InChI=1S/C21H26N4O4S/c22-18(13-15-5-2-1-3-6-15)21(27)25-12-4-7-19(25)20(26)24-14-16-8-10-17(11-9-16)30(23,28)29/h1-3,5-6,8-11,18-19H,4,7,12-14,22H2,(H,24,26)(H2,23,28,29)/t18-,19+/m1/s1. The van der Waals surface area contributed by atoms with Crippen molar-refractivity contribution in [3.8, 4) is 0 Å². The number of benzene rings is 2. The topological polar surface area (TPSA) is 136 Å². The van der Waals surface area contributed by atoms with Gasteiger partial charge in [-0.05, 0) is 42.5 Å². The molecule has 3 rings (SSSR count). The fourth-order valence-corrected chi connectivity index (χ4v) is 4.09. The zero-order valence-corrected chi connectivity index (χ0v) is 17.3. The highest BCUT2D eigenvalue weighted by molar-refractivity contribution is 7.89. The summed E-state index contributed by atoms with van der Waals surface area (Å²) in [5.74, 6) is -0.475. The lowest BCUT2D eigenvalue weighted by Crippen LogP contribution is -2.51. The number of amides is 2. The highest BCUT2D eigenvalue weighted by Crippen LogP contribution is 2.19. The van der Waals surface area contributed by atoms with Gasteiger partial charge in [0.15, 0.2) is 0 Å². The van der Waals surface area contributed by atoms with Crippen LogP contribution in [0.25, 0.3) is 0 Å². The Labute approximate surface area is 176 Å². The van der Waals surface area contributed by atoms with Crippen molar-refractivity contribution < 1.29 is 18.0 Å². The van der Waals surface area contributed by atoms with Crippen LogP contribution in [-0.4, -0.2) is 43.8 Å². The number of hydrogen-bond donors (Lipinski definition) is 3. The maximum absolute atomic E-state index is 12.8. The number of hydrogen-bond acceptors (Lipinski definition) is 5. The SMILES string of the molecule is N[C@H](Cc1ccccc1)C(=O)N1CCC[C@H]1C(=O)NCc1ccc(S(N)(=O)=O)cc1. The van der Waals surface area contributed by atoms with Crippen LogP contribution >= 0.6 is 0 Å². The van der Waals surface area contributed by atoms with Crippen molar-refractivity contribution in [1.82, 2.24) is 10.2 Å². The van der Waals surface area contributed by atoms with Crippen molar-refractivity contribution >= 4 is 21.8 Å². The molecule has 2 atom stereocenters. The van der Waals surface area contributed by atoms with Gasteiger partial charge in [-0.25, -0.2) is 13.6 Å². The lowest BCUT2D eigenvalue weighted by Gasteiger charge is -2.26. The summed E-state index contributed by atoms with van der Waals surface area (Å²) in [5, 5.41) is 7.90. The van der Waals surface area contributed by atoms with Crippen LogP contribution in [0.3, 0.4) is 0 Å². The molecule has 0 saturated carbocycles. The van der Waals surface area contributed by atoms with Gasteiger partial charge in [0.2, 0.25) is 21.8 Å². The van der Waals surface area contributed by atoms with Crippen LogP contribution in [0.2, 0.25) is 0 Å². The molecule has 1 saturated heterocycles. The normalized spacial score (nSPS) is 17.5. The van der Waals surface area contributed by atoms with E-state index in [2.05, 4.69) is 5.32 Å². The van der Waals surface area contributed by atoms with Gasteiger partial charge in [0.05, 0.1) is 10.9 Å². The maximum Gasteiger partial charge on any atom is 0.243 e. The quantitative estimate of drug-likeness (QED) is 0.588. The molecular weight excluding hydrogens is 404 g/mol. The van der Waals surface area contributed by atoms with Gasteiger partial charge in [0.25, 0.3) is 0 Å². The summed E-state index contributed by atoms with van der Waals surface area (Å²) in [4.78, 5) is 27.1. The molecule has 30 heavy (non-hydrogen) atoms.